The molecule has 2 atom stereocenters. The number of carbonyl (C=O) groups is 1. The summed E-state index contributed by atoms with van der Waals surface area (Å²) < 4.78 is 0. The molecule has 1 aliphatic rings. The first kappa shape index (κ1) is 12.2. The summed E-state index contributed by atoms with van der Waals surface area (Å²) in [7, 11) is 0. The molecule has 1 saturated heterocycles. The van der Waals surface area contributed by atoms with Crippen molar-refractivity contribution in [1.82, 2.24) is 15.2 Å². The van der Waals surface area contributed by atoms with Crippen LogP contribution >= 0.6 is 0 Å². The van der Waals surface area contributed by atoms with Crippen LogP contribution in [0.5, 0.6) is 0 Å². The molecule has 100 valence electrons. The number of hydrogen-bond acceptors (Lipinski definition) is 2. The fourth-order valence-corrected chi connectivity index (χ4v) is 2.65. The van der Waals surface area contributed by atoms with E-state index in [0.717, 1.165) is 29.6 Å². The third kappa shape index (κ3) is 2.24. The van der Waals surface area contributed by atoms with Crippen LogP contribution in [0.25, 0.3) is 10.9 Å². The molecule has 1 aromatic carbocycles. The fraction of sp³-hybridized carbons (Fsp3) is 0.400. The summed E-state index contributed by atoms with van der Waals surface area (Å²) in [6.07, 6.45) is 1.90. The Morgan fingerprint density at radius 2 is 2.16 bits per heavy atom. The van der Waals surface area contributed by atoms with Gasteiger partial charge in [-0.25, -0.2) is 0 Å². The van der Waals surface area contributed by atoms with Crippen LogP contribution in [0.4, 0.5) is 0 Å². The molecule has 3 rings (SSSR count). The molecule has 0 bridgehead atoms. The van der Waals surface area contributed by atoms with Crippen molar-refractivity contribution in [2.24, 2.45) is 0 Å². The Labute approximate surface area is 112 Å². The second-order valence-electron chi connectivity index (χ2n) is 5.40. The molecule has 4 nitrogen and oxygen atoms in total. The van der Waals surface area contributed by atoms with Crippen molar-refractivity contribution in [2.75, 3.05) is 13.1 Å². The van der Waals surface area contributed by atoms with E-state index in [0.29, 0.717) is 6.04 Å². The van der Waals surface area contributed by atoms with Gasteiger partial charge >= 0.3 is 0 Å². The molecule has 0 saturated carbocycles. The molecule has 0 aliphatic carbocycles. The topological polar surface area (TPSA) is 48.1 Å². The Balaban J connectivity index is 1.89. The minimum atomic E-state index is 0.123. The van der Waals surface area contributed by atoms with Gasteiger partial charge in [0.1, 0.15) is 0 Å². The monoisotopic (exact) mass is 257 g/mol. The van der Waals surface area contributed by atoms with Crippen LogP contribution in [0.15, 0.2) is 30.5 Å². The average Bonchev–Trinajstić information content (AvgIpc) is 2.88. The third-order valence-electron chi connectivity index (χ3n) is 3.83. The maximum Gasteiger partial charge on any atom is 0.254 e. The minimum absolute atomic E-state index is 0.123. The van der Waals surface area contributed by atoms with Gasteiger partial charge in [0.25, 0.3) is 5.91 Å². The number of nitrogens with zero attached hydrogens (tertiary/aromatic N) is 1. The highest BCUT2D eigenvalue weighted by atomic mass is 16.2. The van der Waals surface area contributed by atoms with Crippen LogP contribution in [-0.4, -0.2) is 41.0 Å². The summed E-state index contributed by atoms with van der Waals surface area (Å²) in [6, 6.07) is 8.46. The standard InChI is InChI=1S/C15H19N3O/c1-10-9-18(11(2)8-17-10)15(19)13-4-3-12-5-6-16-14(12)7-13/h3-7,10-11,16-17H,8-9H2,1-2H3. The SMILES string of the molecule is CC1CN(C(=O)c2ccc3cc[nH]c3c2)C(C)CN1. The molecule has 2 N–H and O–H groups in total. The summed E-state index contributed by atoms with van der Waals surface area (Å²) in [5, 5.41) is 4.53. The number of piperazine rings is 1. The van der Waals surface area contributed by atoms with E-state index in [1.54, 1.807) is 0 Å². The van der Waals surface area contributed by atoms with Gasteiger partial charge in [0.05, 0.1) is 0 Å². The van der Waals surface area contributed by atoms with Crippen molar-refractivity contribution in [3.8, 4) is 0 Å². The zero-order chi connectivity index (χ0) is 13.4. The van der Waals surface area contributed by atoms with E-state index in [1.165, 1.54) is 0 Å². The van der Waals surface area contributed by atoms with Crippen molar-refractivity contribution in [3.05, 3.63) is 36.0 Å². The minimum Gasteiger partial charge on any atom is -0.361 e. The number of nitrogens with one attached hydrogen (secondary N) is 2. The first-order chi connectivity index (χ1) is 9.15. The summed E-state index contributed by atoms with van der Waals surface area (Å²) >= 11 is 0. The number of fused-ring (bicyclic) bond motifs is 1. The van der Waals surface area contributed by atoms with E-state index in [9.17, 15) is 4.79 Å². The predicted molar refractivity (Wildman–Crippen MR) is 76.3 cm³/mol. The Morgan fingerprint density at radius 1 is 1.32 bits per heavy atom. The predicted octanol–water partition coefficient (Wildman–Crippen LogP) is 1.99. The molecule has 1 aliphatic heterocycles. The van der Waals surface area contributed by atoms with Crippen molar-refractivity contribution in [2.45, 2.75) is 25.9 Å². The Bertz CT molecular complexity index is 604. The van der Waals surface area contributed by atoms with Gasteiger partial charge in [0.2, 0.25) is 0 Å². The number of aromatic nitrogens is 1. The van der Waals surface area contributed by atoms with Gasteiger partial charge in [-0.15, -0.1) is 0 Å². The molecule has 2 unspecified atom stereocenters. The summed E-state index contributed by atoms with van der Waals surface area (Å²) in [4.78, 5) is 17.7. The van der Waals surface area contributed by atoms with E-state index < -0.39 is 0 Å². The quantitative estimate of drug-likeness (QED) is 0.821. The van der Waals surface area contributed by atoms with Gasteiger partial charge in [-0.2, -0.15) is 0 Å². The summed E-state index contributed by atoms with van der Waals surface area (Å²) in [5.74, 6) is 0.123. The molecular weight excluding hydrogens is 238 g/mol. The molecule has 2 heterocycles. The highest BCUT2D eigenvalue weighted by Crippen LogP contribution is 2.17. The van der Waals surface area contributed by atoms with Gasteiger partial charge in [0, 0.05) is 42.5 Å². The van der Waals surface area contributed by atoms with Crippen LogP contribution in [0.3, 0.4) is 0 Å². The largest absolute Gasteiger partial charge is 0.361 e. The van der Waals surface area contributed by atoms with E-state index in [4.69, 9.17) is 0 Å². The van der Waals surface area contributed by atoms with Crippen LogP contribution in [0.1, 0.15) is 24.2 Å². The number of rotatable bonds is 1. The zero-order valence-corrected chi connectivity index (χ0v) is 11.3. The number of amides is 1. The van der Waals surface area contributed by atoms with Crippen molar-refractivity contribution in [3.63, 3.8) is 0 Å². The summed E-state index contributed by atoms with van der Waals surface area (Å²) in [5.41, 5.74) is 1.78. The van der Waals surface area contributed by atoms with E-state index in [1.807, 2.05) is 35.4 Å². The Morgan fingerprint density at radius 3 is 3.00 bits per heavy atom. The molecule has 2 aromatic rings. The van der Waals surface area contributed by atoms with E-state index in [-0.39, 0.29) is 11.9 Å². The van der Waals surface area contributed by atoms with Crippen molar-refractivity contribution in [1.29, 1.82) is 0 Å². The van der Waals surface area contributed by atoms with E-state index >= 15 is 0 Å². The van der Waals surface area contributed by atoms with E-state index in [2.05, 4.69) is 24.1 Å². The number of H-pyrrole nitrogens is 1. The van der Waals surface area contributed by atoms with Crippen LogP contribution in [0.2, 0.25) is 0 Å². The highest BCUT2D eigenvalue weighted by Gasteiger charge is 2.27. The van der Waals surface area contributed by atoms with Crippen LogP contribution < -0.4 is 5.32 Å². The van der Waals surface area contributed by atoms with Gasteiger partial charge < -0.3 is 15.2 Å². The molecule has 19 heavy (non-hydrogen) atoms. The van der Waals surface area contributed by atoms with Crippen molar-refractivity contribution >= 4 is 16.8 Å². The normalized spacial score (nSPS) is 23.8. The molecule has 1 fully saturated rings. The number of aromatic amines is 1. The molecular formula is C15H19N3O. The molecule has 0 radical (unpaired) electrons. The average molecular weight is 257 g/mol. The maximum atomic E-state index is 12.6. The zero-order valence-electron chi connectivity index (χ0n) is 11.3. The lowest BCUT2D eigenvalue weighted by atomic mass is 10.1. The van der Waals surface area contributed by atoms with Crippen LogP contribution in [0, 0.1) is 0 Å². The van der Waals surface area contributed by atoms with Gasteiger partial charge in [0.15, 0.2) is 0 Å². The number of hydrogen-bond donors (Lipinski definition) is 2. The number of benzene rings is 1. The van der Waals surface area contributed by atoms with Gasteiger partial charge in [-0.3, -0.25) is 4.79 Å². The molecule has 1 amide bonds. The summed E-state index contributed by atoms with van der Waals surface area (Å²) in [6.45, 7) is 5.82. The second kappa shape index (κ2) is 4.70. The second-order valence-corrected chi connectivity index (χ2v) is 5.40. The lowest BCUT2D eigenvalue weighted by Crippen LogP contribution is -2.56. The first-order valence-corrected chi connectivity index (χ1v) is 6.76. The van der Waals surface area contributed by atoms with Gasteiger partial charge in [-0.1, -0.05) is 6.07 Å². The molecule has 1 aromatic heterocycles. The van der Waals surface area contributed by atoms with Crippen molar-refractivity contribution < 1.29 is 4.79 Å². The Hall–Kier alpha value is -1.81. The van der Waals surface area contributed by atoms with Gasteiger partial charge in [-0.05, 0) is 37.4 Å². The Kier molecular flexibility index (Phi) is 3.03. The number of carbonyl (C=O) groups excluding carboxylic acids is 1. The molecule has 4 heteroatoms. The third-order valence-corrected chi connectivity index (χ3v) is 3.83. The van der Waals surface area contributed by atoms with Crippen LogP contribution in [-0.2, 0) is 0 Å². The lowest BCUT2D eigenvalue weighted by Gasteiger charge is -2.37. The molecule has 0 spiro atoms. The highest BCUT2D eigenvalue weighted by molar-refractivity contribution is 5.98. The lowest BCUT2D eigenvalue weighted by molar-refractivity contribution is 0.0616. The first-order valence-electron chi connectivity index (χ1n) is 6.76. The fourth-order valence-electron chi connectivity index (χ4n) is 2.65. The maximum absolute atomic E-state index is 12.6. The smallest absolute Gasteiger partial charge is 0.254 e.